The fourth-order valence-corrected chi connectivity index (χ4v) is 1.77. The first-order chi connectivity index (χ1) is 6.75. The van der Waals surface area contributed by atoms with E-state index in [0.717, 1.165) is 24.3 Å². The summed E-state index contributed by atoms with van der Waals surface area (Å²) >= 11 is 6.04. The van der Waals surface area contributed by atoms with Gasteiger partial charge in [0.25, 0.3) is 0 Å². The normalized spacial score (nSPS) is 21.1. The van der Waals surface area contributed by atoms with Crippen LogP contribution in [0.1, 0.15) is 12.0 Å². The number of hydrogen-bond donors (Lipinski definition) is 0. The van der Waals surface area contributed by atoms with Crippen molar-refractivity contribution in [2.45, 2.75) is 19.4 Å². The van der Waals surface area contributed by atoms with Crippen LogP contribution in [0.4, 0.5) is 0 Å². The highest BCUT2D eigenvalue weighted by molar-refractivity contribution is 6.32. The average Bonchev–Trinajstić information content (AvgIpc) is 2.62. The number of benzene rings is 1. The van der Waals surface area contributed by atoms with E-state index < -0.39 is 0 Å². The zero-order valence-corrected chi connectivity index (χ0v) is 8.88. The van der Waals surface area contributed by atoms with E-state index in [0.29, 0.717) is 11.6 Å². The van der Waals surface area contributed by atoms with Gasteiger partial charge in [0.05, 0.1) is 18.2 Å². The second-order valence-corrected chi connectivity index (χ2v) is 3.94. The van der Waals surface area contributed by atoms with Gasteiger partial charge < -0.3 is 9.47 Å². The maximum Gasteiger partial charge on any atom is 0.138 e. The van der Waals surface area contributed by atoms with Crippen LogP contribution >= 0.6 is 11.6 Å². The molecule has 2 rings (SSSR count). The van der Waals surface area contributed by atoms with Crippen molar-refractivity contribution in [3.05, 3.63) is 28.8 Å². The molecule has 1 aromatic carbocycles. The van der Waals surface area contributed by atoms with Crippen LogP contribution in [0, 0.1) is 6.92 Å². The summed E-state index contributed by atoms with van der Waals surface area (Å²) in [4.78, 5) is 0. The van der Waals surface area contributed by atoms with E-state index in [9.17, 15) is 0 Å². The molecule has 0 saturated carbocycles. The van der Waals surface area contributed by atoms with Gasteiger partial charge in [-0.05, 0) is 24.6 Å². The molecular weight excluding hydrogens is 200 g/mol. The molecular formula is C11H13ClO2. The maximum atomic E-state index is 6.04. The molecule has 0 aliphatic carbocycles. The molecule has 1 aliphatic heterocycles. The SMILES string of the molecule is Cc1ccc(O[C@@H]2CCOC2)c(Cl)c1. The lowest BCUT2D eigenvalue weighted by molar-refractivity contribution is 0.141. The fraction of sp³-hybridized carbons (Fsp3) is 0.455. The molecule has 1 aromatic rings. The average molecular weight is 213 g/mol. The van der Waals surface area contributed by atoms with Crippen LogP contribution in [-0.2, 0) is 4.74 Å². The zero-order chi connectivity index (χ0) is 9.97. The second-order valence-electron chi connectivity index (χ2n) is 3.54. The zero-order valence-electron chi connectivity index (χ0n) is 8.13. The molecule has 0 radical (unpaired) electrons. The van der Waals surface area contributed by atoms with Gasteiger partial charge in [-0.15, -0.1) is 0 Å². The predicted octanol–water partition coefficient (Wildman–Crippen LogP) is 2.82. The Morgan fingerprint density at radius 2 is 2.36 bits per heavy atom. The highest BCUT2D eigenvalue weighted by atomic mass is 35.5. The van der Waals surface area contributed by atoms with E-state index in [1.54, 1.807) is 0 Å². The Hall–Kier alpha value is -0.730. The van der Waals surface area contributed by atoms with Crippen LogP contribution in [-0.4, -0.2) is 19.3 Å². The molecule has 1 saturated heterocycles. The summed E-state index contributed by atoms with van der Waals surface area (Å²) in [6, 6.07) is 5.82. The number of ether oxygens (including phenoxy) is 2. The molecule has 1 heterocycles. The summed E-state index contributed by atoms with van der Waals surface area (Å²) < 4.78 is 10.9. The molecule has 0 N–H and O–H groups in total. The summed E-state index contributed by atoms with van der Waals surface area (Å²) in [5, 5.41) is 0.678. The van der Waals surface area contributed by atoms with Crippen molar-refractivity contribution >= 4 is 11.6 Å². The quantitative estimate of drug-likeness (QED) is 0.751. The number of hydrogen-bond acceptors (Lipinski definition) is 2. The number of aryl methyl sites for hydroxylation is 1. The van der Waals surface area contributed by atoms with Crippen molar-refractivity contribution in [1.82, 2.24) is 0 Å². The van der Waals surface area contributed by atoms with Crippen LogP contribution in [0.25, 0.3) is 0 Å². The molecule has 0 amide bonds. The molecule has 2 nitrogen and oxygen atoms in total. The minimum absolute atomic E-state index is 0.162. The third-order valence-corrected chi connectivity index (χ3v) is 2.56. The molecule has 3 heteroatoms. The molecule has 76 valence electrons. The fourth-order valence-electron chi connectivity index (χ4n) is 1.49. The molecule has 1 atom stereocenters. The number of rotatable bonds is 2. The summed E-state index contributed by atoms with van der Waals surface area (Å²) in [6.45, 7) is 3.46. The predicted molar refractivity (Wildman–Crippen MR) is 56.0 cm³/mol. The van der Waals surface area contributed by atoms with Gasteiger partial charge in [-0.2, -0.15) is 0 Å². The smallest absolute Gasteiger partial charge is 0.138 e. The Morgan fingerprint density at radius 1 is 1.50 bits per heavy atom. The Labute approximate surface area is 88.8 Å². The first kappa shape index (κ1) is 9.81. The van der Waals surface area contributed by atoms with Crippen LogP contribution in [0.15, 0.2) is 18.2 Å². The third kappa shape index (κ3) is 2.20. The van der Waals surface area contributed by atoms with Gasteiger partial charge in [0.1, 0.15) is 11.9 Å². The number of halogens is 1. The van der Waals surface area contributed by atoms with Gasteiger partial charge in [0.15, 0.2) is 0 Å². The molecule has 0 unspecified atom stereocenters. The maximum absolute atomic E-state index is 6.04. The summed E-state index contributed by atoms with van der Waals surface area (Å²) in [7, 11) is 0. The van der Waals surface area contributed by atoms with E-state index in [1.165, 1.54) is 0 Å². The van der Waals surface area contributed by atoms with Gasteiger partial charge in [0.2, 0.25) is 0 Å². The Bertz CT molecular complexity index is 319. The van der Waals surface area contributed by atoms with E-state index in [2.05, 4.69) is 0 Å². The second kappa shape index (κ2) is 4.20. The van der Waals surface area contributed by atoms with Crippen LogP contribution in [0.2, 0.25) is 5.02 Å². The van der Waals surface area contributed by atoms with Crippen molar-refractivity contribution in [2.75, 3.05) is 13.2 Å². The molecule has 0 aromatic heterocycles. The van der Waals surface area contributed by atoms with E-state index in [4.69, 9.17) is 21.1 Å². The molecule has 0 bridgehead atoms. The van der Waals surface area contributed by atoms with Crippen LogP contribution < -0.4 is 4.74 Å². The third-order valence-electron chi connectivity index (χ3n) is 2.27. The lowest BCUT2D eigenvalue weighted by Crippen LogP contribution is -2.15. The lowest BCUT2D eigenvalue weighted by Gasteiger charge is -2.13. The standard InChI is InChI=1S/C11H13ClO2/c1-8-2-3-11(10(12)6-8)14-9-4-5-13-7-9/h2-3,6,9H,4-5,7H2,1H3/t9-/m1/s1. The van der Waals surface area contributed by atoms with E-state index in [1.807, 2.05) is 25.1 Å². The first-order valence-electron chi connectivity index (χ1n) is 4.76. The van der Waals surface area contributed by atoms with Gasteiger partial charge in [-0.1, -0.05) is 17.7 Å². The van der Waals surface area contributed by atoms with Crippen molar-refractivity contribution in [2.24, 2.45) is 0 Å². The van der Waals surface area contributed by atoms with Gasteiger partial charge in [-0.25, -0.2) is 0 Å². The topological polar surface area (TPSA) is 18.5 Å². The van der Waals surface area contributed by atoms with Crippen molar-refractivity contribution < 1.29 is 9.47 Å². The highest BCUT2D eigenvalue weighted by Gasteiger charge is 2.18. The summed E-state index contributed by atoms with van der Waals surface area (Å²) in [6.07, 6.45) is 1.11. The summed E-state index contributed by atoms with van der Waals surface area (Å²) in [5.41, 5.74) is 1.14. The lowest BCUT2D eigenvalue weighted by atomic mass is 10.2. The van der Waals surface area contributed by atoms with Crippen LogP contribution in [0.3, 0.4) is 0 Å². The Kier molecular flexibility index (Phi) is 2.94. The molecule has 1 fully saturated rings. The molecule has 1 aliphatic rings. The monoisotopic (exact) mass is 212 g/mol. The summed E-state index contributed by atoms with van der Waals surface area (Å²) in [5.74, 6) is 0.757. The largest absolute Gasteiger partial charge is 0.486 e. The van der Waals surface area contributed by atoms with Crippen molar-refractivity contribution in [3.8, 4) is 5.75 Å². The Balaban J connectivity index is 2.08. The molecule has 14 heavy (non-hydrogen) atoms. The van der Waals surface area contributed by atoms with Gasteiger partial charge >= 0.3 is 0 Å². The van der Waals surface area contributed by atoms with Crippen LogP contribution in [0.5, 0.6) is 5.75 Å². The highest BCUT2D eigenvalue weighted by Crippen LogP contribution is 2.27. The minimum atomic E-state index is 0.162. The molecule has 0 spiro atoms. The minimum Gasteiger partial charge on any atom is -0.486 e. The van der Waals surface area contributed by atoms with E-state index in [-0.39, 0.29) is 6.10 Å². The van der Waals surface area contributed by atoms with Crippen molar-refractivity contribution in [3.63, 3.8) is 0 Å². The van der Waals surface area contributed by atoms with Gasteiger partial charge in [0, 0.05) is 6.42 Å². The Morgan fingerprint density at radius 3 is 3.00 bits per heavy atom. The van der Waals surface area contributed by atoms with Crippen molar-refractivity contribution in [1.29, 1.82) is 0 Å². The van der Waals surface area contributed by atoms with E-state index >= 15 is 0 Å². The first-order valence-corrected chi connectivity index (χ1v) is 5.14. The van der Waals surface area contributed by atoms with Gasteiger partial charge in [-0.3, -0.25) is 0 Å².